The Kier molecular flexibility index (Phi) is 4.07. The van der Waals surface area contributed by atoms with E-state index < -0.39 is 24.0 Å². The Balaban J connectivity index is 2.77. The predicted molar refractivity (Wildman–Crippen MR) is 56.7 cm³/mol. The lowest BCUT2D eigenvalue weighted by Crippen LogP contribution is -2.25. The highest BCUT2D eigenvalue weighted by Gasteiger charge is 2.39. The predicted octanol–water partition coefficient (Wildman–Crippen LogP) is 0.618. The maximum Gasteiger partial charge on any atom is 0.333 e. The van der Waals surface area contributed by atoms with E-state index in [2.05, 4.69) is 4.74 Å². The molecular weight excluding hydrogens is 212 g/mol. The summed E-state index contributed by atoms with van der Waals surface area (Å²) in [6, 6.07) is 0. The van der Waals surface area contributed by atoms with E-state index in [-0.39, 0.29) is 6.61 Å². The number of hydrogen-bond acceptors (Lipinski definition) is 5. The zero-order valence-electron chi connectivity index (χ0n) is 10.0. The van der Waals surface area contributed by atoms with Crippen molar-refractivity contribution < 1.29 is 24.1 Å². The molecule has 0 aromatic carbocycles. The van der Waals surface area contributed by atoms with Crippen LogP contribution in [0.3, 0.4) is 0 Å². The average Bonchev–Trinajstić information content (AvgIpc) is 2.51. The van der Waals surface area contributed by atoms with Crippen molar-refractivity contribution in [2.75, 3.05) is 13.7 Å². The van der Waals surface area contributed by atoms with Gasteiger partial charge < -0.3 is 19.3 Å². The summed E-state index contributed by atoms with van der Waals surface area (Å²) in [5.74, 6) is -1.16. The van der Waals surface area contributed by atoms with Crippen LogP contribution in [0, 0.1) is 0 Å². The van der Waals surface area contributed by atoms with Gasteiger partial charge in [-0.1, -0.05) is 0 Å². The van der Waals surface area contributed by atoms with E-state index >= 15 is 0 Å². The number of rotatable bonds is 3. The molecule has 1 N–H and O–H groups in total. The first kappa shape index (κ1) is 13.2. The van der Waals surface area contributed by atoms with E-state index in [1.807, 2.05) is 0 Å². The van der Waals surface area contributed by atoms with Gasteiger partial charge in [-0.05, 0) is 26.8 Å². The number of aliphatic hydroxyl groups excluding tert-OH is 1. The molecule has 1 saturated heterocycles. The van der Waals surface area contributed by atoms with Crippen LogP contribution in [-0.4, -0.2) is 42.8 Å². The van der Waals surface area contributed by atoms with E-state index in [9.17, 15) is 4.79 Å². The van der Waals surface area contributed by atoms with Gasteiger partial charge in [0.05, 0.1) is 13.7 Å². The van der Waals surface area contributed by atoms with Gasteiger partial charge in [-0.25, -0.2) is 4.79 Å². The third-order valence-electron chi connectivity index (χ3n) is 2.32. The molecule has 0 amide bonds. The molecule has 0 aromatic rings. The topological polar surface area (TPSA) is 65.0 Å². The molecule has 5 heteroatoms. The lowest BCUT2D eigenvalue weighted by molar-refractivity contribution is -0.146. The van der Waals surface area contributed by atoms with Crippen LogP contribution in [0.5, 0.6) is 0 Å². The van der Waals surface area contributed by atoms with Crippen molar-refractivity contribution in [3.63, 3.8) is 0 Å². The maximum absolute atomic E-state index is 11.2. The second-order valence-electron chi connectivity index (χ2n) is 4.16. The second-order valence-corrected chi connectivity index (χ2v) is 4.16. The van der Waals surface area contributed by atoms with Crippen molar-refractivity contribution in [2.45, 2.75) is 38.8 Å². The molecule has 16 heavy (non-hydrogen) atoms. The fourth-order valence-corrected chi connectivity index (χ4v) is 1.62. The normalized spacial score (nSPS) is 29.2. The minimum absolute atomic E-state index is 0.154. The Labute approximate surface area is 95.0 Å². The summed E-state index contributed by atoms with van der Waals surface area (Å²) in [5, 5.41) is 9.13. The van der Waals surface area contributed by atoms with E-state index in [0.29, 0.717) is 5.57 Å². The van der Waals surface area contributed by atoms with Crippen LogP contribution < -0.4 is 0 Å². The van der Waals surface area contributed by atoms with Crippen LogP contribution in [0.15, 0.2) is 11.6 Å². The summed E-state index contributed by atoms with van der Waals surface area (Å²) in [7, 11) is 1.32. The number of ether oxygens (including phenoxy) is 3. The molecule has 1 fully saturated rings. The molecule has 1 aliphatic heterocycles. The standard InChI is InChI=1S/C11H18O5/c1-7(10(13)14-4)5-8-9(6-12)16-11(2,3)15-8/h5,8-9,12H,6H2,1-4H3/b7-5+/t8-,9+/m1/s1. The van der Waals surface area contributed by atoms with Gasteiger partial charge in [0.25, 0.3) is 0 Å². The Morgan fingerprint density at radius 1 is 1.50 bits per heavy atom. The molecule has 92 valence electrons. The van der Waals surface area contributed by atoms with Gasteiger partial charge in [-0.15, -0.1) is 0 Å². The van der Waals surface area contributed by atoms with Crippen molar-refractivity contribution >= 4 is 5.97 Å². The summed E-state index contributed by atoms with van der Waals surface area (Å²) in [5.41, 5.74) is 0.437. The fraction of sp³-hybridized carbons (Fsp3) is 0.727. The van der Waals surface area contributed by atoms with Gasteiger partial charge in [0.15, 0.2) is 5.79 Å². The largest absolute Gasteiger partial charge is 0.466 e. The van der Waals surface area contributed by atoms with Crippen molar-refractivity contribution in [2.24, 2.45) is 0 Å². The third kappa shape index (κ3) is 3.04. The van der Waals surface area contributed by atoms with Gasteiger partial charge in [0, 0.05) is 5.57 Å². The number of carbonyl (C=O) groups excluding carboxylic acids is 1. The van der Waals surface area contributed by atoms with Gasteiger partial charge in [0.1, 0.15) is 12.2 Å². The minimum atomic E-state index is -0.745. The van der Waals surface area contributed by atoms with E-state index in [1.54, 1.807) is 26.8 Å². The number of aliphatic hydroxyl groups is 1. The van der Waals surface area contributed by atoms with Crippen LogP contribution in [-0.2, 0) is 19.0 Å². The SMILES string of the molecule is COC(=O)/C(C)=C/[C@H]1OC(C)(C)O[C@H]1CO. The summed E-state index contributed by atoms with van der Waals surface area (Å²) >= 11 is 0. The molecule has 1 heterocycles. The highest BCUT2D eigenvalue weighted by Crippen LogP contribution is 2.29. The number of methoxy groups -OCH3 is 1. The first-order chi connectivity index (χ1) is 7.39. The first-order valence-electron chi connectivity index (χ1n) is 5.13. The Hall–Kier alpha value is -0.910. The maximum atomic E-state index is 11.2. The van der Waals surface area contributed by atoms with Gasteiger partial charge >= 0.3 is 5.97 Å². The summed E-state index contributed by atoms with van der Waals surface area (Å²) in [4.78, 5) is 11.2. The van der Waals surface area contributed by atoms with Crippen molar-refractivity contribution in [1.29, 1.82) is 0 Å². The van der Waals surface area contributed by atoms with Gasteiger partial charge in [0.2, 0.25) is 0 Å². The molecule has 0 unspecified atom stereocenters. The molecule has 0 bridgehead atoms. The first-order valence-corrected chi connectivity index (χ1v) is 5.13. The molecule has 0 aliphatic carbocycles. The van der Waals surface area contributed by atoms with Crippen LogP contribution in [0.25, 0.3) is 0 Å². The fourth-order valence-electron chi connectivity index (χ4n) is 1.62. The van der Waals surface area contributed by atoms with Crippen molar-refractivity contribution in [3.8, 4) is 0 Å². The Morgan fingerprint density at radius 2 is 2.12 bits per heavy atom. The van der Waals surface area contributed by atoms with Crippen LogP contribution in [0.4, 0.5) is 0 Å². The second kappa shape index (κ2) is 4.95. The zero-order chi connectivity index (χ0) is 12.3. The molecule has 0 radical (unpaired) electrons. The van der Waals surface area contributed by atoms with E-state index in [1.165, 1.54) is 7.11 Å². The minimum Gasteiger partial charge on any atom is -0.466 e. The number of carbonyl (C=O) groups is 1. The Bertz CT molecular complexity index is 295. The van der Waals surface area contributed by atoms with Crippen LogP contribution in [0.1, 0.15) is 20.8 Å². The highest BCUT2D eigenvalue weighted by molar-refractivity contribution is 5.87. The Morgan fingerprint density at radius 3 is 2.62 bits per heavy atom. The molecular formula is C11H18O5. The summed E-state index contributed by atoms with van der Waals surface area (Å²) in [6.07, 6.45) is 0.732. The van der Waals surface area contributed by atoms with Crippen molar-refractivity contribution in [1.82, 2.24) is 0 Å². The smallest absolute Gasteiger partial charge is 0.333 e. The average molecular weight is 230 g/mol. The molecule has 1 rings (SSSR count). The molecule has 0 saturated carbocycles. The summed E-state index contributed by atoms with van der Waals surface area (Å²) < 4.78 is 15.6. The molecule has 5 nitrogen and oxygen atoms in total. The molecule has 1 aliphatic rings. The van der Waals surface area contributed by atoms with Crippen molar-refractivity contribution in [3.05, 3.63) is 11.6 Å². The third-order valence-corrected chi connectivity index (χ3v) is 2.32. The molecule has 0 spiro atoms. The van der Waals surface area contributed by atoms with Gasteiger partial charge in [-0.2, -0.15) is 0 Å². The molecule has 0 aromatic heterocycles. The van der Waals surface area contributed by atoms with E-state index in [0.717, 1.165) is 0 Å². The van der Waals surface area contributed by atoms with Gasteiger partial charge in [-0.3, -0.25) is 0 Å². The summed E-state index contributed by atoms with van der Waals surface area (Å²) in [6.45, 7) is 5.00. The van der Waals surface area contributed by atoms with Crippen LogP contribution >= 0.6 is 0 Å². The zero-order valence-corrected chi connectivity index (χ0v) is 10.0. The number of esters is 1. The van der Waals surface area contributed by atoms with E-state index in [4.69, 9.17) is 14.6 Å². The highest BCUT2D eigenvalue weighted by atomic mass is 16.8. The lowest BCUT2D eigenvalue weighted by atomic mass is 10.1. The van der Waals surface area contributed by atoms with Crippen LogP contribution in [0.2, 0.25) is 0 Å². The number of hydrogen-bond donors (Lipinski definition) is 1. The monoisotopic (exact) mass is 230 g/mol. The molecule has 2 atom stereocenters. The lowest BCUT2D eigenvalue weighted by Gasteiger charge is -2.16. The quantitative estimate of drug-likeness (QED) is 0.568.